The predicted octanol–water partition coefficient (Wildman–Crippen LogP) is 3.62. The molecule has 0 aromatic heterocycles. The Bertz CT molecular complexity index is 882. The lowest BCUT2D eigenvalue weighted by Crippen LogP contribution is -2.52. The predicted molar refractivity (Wildman–Crippen MR) is 108 cm³/mol. The number of hydrogen-bond acceptors (Lipinski definition) is 4. The summed E-state index contributed by atoms with van der Waals surface area (Å²) < 4.78 is 13.3. The van der Waals surface area contributed by atoms with E-state index in [0.717, 1.165) is 11.1 Å². The van der Waals surface area contributed by atoms with E-state index in [9.17, 15) is 14.8 Å². The molecule has 0 aliphatic carbocycles. The van der Waals surface area contributed by atoms with E-state index >= 15 is 0 Å². The first-order chi connectivity index (χ1) is 13.3. The van der Waals surface area contributed by atoms with E-state index in [4.69, 9.17) is 11.6 Å². The monoisotopic (exact) mass is 401 g/mol. The second kappa shape index (κ2) is 8.59. The highest BCUT2D eigenvalue weighted by molar-refractivity contribution is 6.31. The third kappa shape index (κ3) is 4.53. The summed E-state index contributed by atoms with van der Waals surface area (Å²) in [4.78, 5) is 4.31. The maximum absolute atomic E-state index is 13.3. The minimum Gasteiger partial charge on any atom is -0.385 e. The molecule has 2 aromatic rings. The van der Waals surface area contributed by atoms with E-state index in [-0.39, 0.29) is 11.7 Å². The SMILES string of the molecule is CN(C)C[C@H]1CN(Cc2ccc(F)cc2Cl)CC[C@]1(O)c1cccc(C#N)c1. The van der Waals surface area contributed by atoms with Crippen molar-refractivity contribution in [2.75, 3.05) is 33.7 Å². The van der Waals surface area contributed by atoms with Crippen LogP contribution in [0.15, 0.2) is 42.5 Å². The third-order valence-corrected chi connectivity index (χ3v) is 5.80. The molecule has 1 aliphatic rings. The van der Waals surface area contributed by atoms with Crippen molar-refractivity contribution in [3.05, 3.63) is 70.0 Å². The highest BCUT2D eigenvalue weighted by Gasteiger charge is 2.43. The largest absolute Gasteiger partial charge is 0.385 e. The second-order valence-electron chi connectivity index (χ2n) is 7.80. The molecule has 2 aromatic carbocycles. The minimum absolute atomic E-state index is 0.0376. The van der Waals surface area contributed by atoms with Gasteiger partial charge in [-0.25, -0.2) is 4.39 Å². The van der Waals surface area contributed by atoms with Crippen molar-refractivity contribution in [1.29, 1.82) is 5.26 Å². The van der Waals surface area contributed by atoms with Crippen LogP contribution >= 0.6 is 11.6 Å². The van der Waals surface area contributed by atoms with Crippen molar-refractivity contribution in [2.45, 2.75) is 18.6 Å². The van der Waals surface area contributed by atoms with Crippen molar-refractivity contribution in [3.63, 3.8) is 0 Å². The molecule has 1 N–H and O–H groups in total. The van der Waals surface area contributed by atoms with Gasteiger partial charge in [0.2, 0.25) is 0 Å². The Morgan fingerprint density at radius 2 is 2.11 bits per heavy atom. The van der Waals surface area contributed by atoms with Gasteiger partial charge >= 0.3 is 0 Å². The van der Waals surface area contributed by atoms with E-state index in [1.165, 1.54) is 12.1 Å². The molecule has 0 bridgehead atoms. The molecule has 3 rings (SSSR count). The normalized spacial score (nSPS) is 23.0. The van der Waals surface area contributed by atoms with Gasteiger partial charge in [0.1, 0.15) is 5.82 Å². The topological polar surface area (TPSA) is 50.5 Å². The fourth-order valence-corrected chi connectivity index (χ4v) is 4.24. The van der Waals surface area contributed by atoms with Gasteiger partial charge < -0.3 is 10.0 Å². The van der Waals surface area contributed by atoms with Crippen LogP contribution in [0.3, 0.4) is 0 Å². The van der Waals surface area contributed by atoms with Crippen LogP contribution in [-0.2, 0) is 12.1 Å². The van der Waals surface area contributed by atoms with Crippen LogP contribution in [0.5, 0.6) is 0 Å². The molecule has 0 radical (unpaired) electrons. The molecule has 2 atom stereocenters. The zero-order valence-electron chi connectivity index (χ0n) is 16.2. The summed E-state index contributed by atoms with van der Waals surface area (Å²) in [5, 5.41) is 21.3. The number of rotatable bonds is 5. The van der Waals surface area contributed by atoms with Crippen LogP contribution in [0.4, 0.5) is 4.39 Å². The number of likely N-dealkylation sites (tertiary alicyclic amines) is 1. The van der Waals surface area contributed by atoms with Crippen LogP contribution in [0.2, 0.25) is 5.02 Å². The first kappa shape index (κ1) is 20.8. The summed E-state index contributed by atoms with van der Waals surface area (Å²) in [6.45, 7) is 2.68. The molecule has 6 heteroatoms. The lowest BCUT2D eigenvalue weighted by molar-refractivity contribution is -0.0862. The molecule has 1 saturated heterocycles. The van der Waals surface area contributed by atoms with Gasteiger partial charge in [0.15, 0.2) is 0 Å². The van der Waals surface area contributed by atoms with Crippen molar-refractivity contribution in [3.8, 4) is 6.07 Å². The fraction of sp³-hybridized carbons (Fsp3) is 0.409. The molecule has 148 valence electrons. The highest BCUT2D eigenvalue weighted by atomic mass is 35.5. The van der Waals surface area contributed by atoms with E-state index in [1.807, 2.05) is 26.2 Å². The third-order valence-electron chi connectivity index (χ3n) is 5.45. The van der Waals surface area contributed by atoms with Crippen molar-refractivity contribution in [1.82, 2.24) is 9.80 Å². The van der Waals surface area contributed by atoms with Crippen LogP contribution < -0.4 is 0 Å². The van der Waals surface area contributed by atoms with Crippen molar-refractivity contribution >= 4 is 11.6 Å². The Morgan fingerprint density at radius 1 is 1.32 bits per heavy atom. The van der Waals surface area contributed by atoms with E-state index in [2.05, 4.69) is 15.9 Å². The molecule has 4 nitrogen and oxygen atoms in total. The first-order valence-corrected chi connectivity index (χ1v) is 9.73. The van der Waals surface area contributed by atoms with E-state index in [0.29, 0.717) is 43.2 Å². The molecular weight excluding hydrogens is 377 g/mol. The summed E-state index contributed by atoms with van der Waals surface area (Å²) in [6.07, 6.45) is 0.555. The maximum Gasteiger partial charge on any atom is 0.124 e. The number of halogens is 2. The highest BCUT2D eigenvalue weighted by Crippen LogP contribution is 2.38. The Kier molecular flexibility index (Phi) is 6.36. The number of hydrogen-bond donors (Lipinski definition) is 1. The number of piperidine rings is 1. The van der Waals surface area contributed by atoms with E-state index < -0.39 is 5.60 Å². The van der Waals surface area contributed by atoms with Gasteiger partial charge in [-0.2, -0.15) is 5.26 Å². The number of benzene rings is 2. The molecule has 0 spiro atoms. The summed E-state index contributed by atoms with van der Waals surface area (Å²) >= 11 is 6.20. The van der Waals surface area contributed by atoms with Gasteiger partial charge in [-0.1, -0.05) is 29.8 Å². The van der Waals surface area contributed by atoms with Crippen LogP contribution in [0.1, 0.15) is 23.1 Å². The van der Waals surface area contributed by atoms with Gasteiger partial charge in [-0.05, 0) is 55.9 Å². The molecule has 0 unspecified atom stereocenters. The van der Waals surface area contributed by atoms with Gasteiger partial charge in [0.25, 0.3) is 0 Å². The Morgan fingerprint density at radius 3 is 2.79 bits per heavy atom. The Hall–Kier alpha value is -1.97. The van der Waals surface area contributed by atoms with Crippen molar-refractivity contribution < 1.29 is 9.50 Å². The smallest absolute Gasteiger partial charge is 0.124 e. The lowest BCUT2D eigenvalue weighted by Gasteiger charge is -2.46. The Labute approximate surface area is 170 Å². The van der Waals surface area contributed by atoms with Crippen LogP contribution in [0, 0.1) is 23.1 Å². The average Bonchev–Trinajstić information content (AvgIpc) is 2.66. The average molecular weight is 402 g/mol. The molecule has 1 aliphatic heterocycles. The summed E-state index contributed by atoms with van der Waals surface area (Å²) in [5.74, 6) is -0.381. The van der Waals surface area contributed by atoms with Gasteiger partial charge in [0.05, 0.1) is 17.2 Å². The zero-order valence-corrected chi connectivity index (χ0v) is 17.0. The first-order valence-electron chi connectivity index (χ1n) is 9.36. The quantitative estimate of drug-likeness (QED) is 0.831. The maximum atomic E-state index is 13.3. The van der Waals surface area contributed by atoms with E-state index in [1.54, 1.807) is 18.2 Å². The van der Waals surface area contributed by atoms with Gasteiger partial charge in [-0.3, -0.25) is 4.90 Å². The molecule has 0 saturated carbocycles. The second-order valence-corrected chi connectivity index (χ2v) is 8.20. The number of aliphatic hydroxyl groups is 1. The van der Waals surface area contributed by atoms with Crippen molar-refractivity contribution in [2.24, 2.45) is 5.92 Å². The number of nitriles is 1. The molecular formula is C22H25ClFN3O. The van der Waals surface area contributed by atoms with Crippen LogP contribution in [-0.4, -0.2) is 48.6 Å². The molecule has 1 fully saturated rings. The summed E-state index contributed by atoms with van der Waals surface area (Å²) in [6, 6.07) is 13.9. The zero-order chi connectivity index (χ0) is 20.3. The van der Waals surface area contributed by atoms with Crippen LogP contribution in [0.25, 0.3) is 0 Å². The van der Waals surface area contributed by atoms with Gasteiger partial charge in [0, 0.05) is 37.1 Å². The Balaban J connectivity index is 1.84. The van der Waals surface area contributed by atoms with Gasteiger partial charge in [-0.15, -0.1) is 0 Å². The molecule has 0 amide bonds. The minimum atomic E-state index is -1.000. The fourth-order valence-electron chi connectivity index (χ4n) is 4.01. The number of nitrogens with zero attached hydrogens (tertiary/aromatic N) is 3. The molecule has 28 heavy (non-hydrogen) atoms. The summed E-state index contributed by atoms with van der Waals surface area (Å²) in [7, 11) is 3.98. The standard InChI is InChI=1S/C22H25ClFN3O/c1-26(2)14-19-15-27(13-17-6-7-20(24)11-21(17)23)9-8-22(19,28)18-5-3-4-16(10-18)12-25/h3-7,10-11,19,28H,8-9,13-15H2,1-2H3/t19-,22-/m0/s1. The lowest BCUT2D eigenvalue weighted by atomic mass is 9.75. The summed E-state index contributed by atoms with van der Waals surface area (Å²) in [5.41, 5.74) is 1.22. The molecule has 1 heterocycles.